The van der Waals surface area contributed by atoms with Crippen molar-refractivity contribution in [2.75, 3.05) is 6.54 Å². The first-order valence-electron chi connectivity index (χ1n) is 12.5. The second-order valence-electron chi connectivity index (χ2n) is 9.78. The van der Waals surface area contributed by atoms with Crippen molar-refractivity contribution in [1.82, 2.24) is 10.6 Å². The summed E-state index contributed by atoms with van der Waals surface area (Å²) in [5.41, 5.74) is 1.25. The van der Waals surface area contributed by atoms with Crippen LogP contribution in [0.2, 0.25) is 5.02 Å². The number of carboxylic acid groups (broad SMARTS) is 1. The zero-order valence-corrected chi connectivity index (χ0v) is 23.1. The Morgan fingerprint density at radius 1 is 0.897 bits per heavy atom. The van der Waals surface area contributed by atoms with Crippen molar-refractivity contribution < 1.29 is 38.5 Å². The molecule has 11 heteroatoms. The van der Waals surface area contributed by atoms with Crippen LogP contribution in [0.15, 0.2) is 48.5 Å². The summed E-state index contributed by atoms with van der Waals surface area (Å²) < 4.78 is 15.8. The van der Waals surface area contributed by atoms with Gasteiger partial charge in [-0.2, -0.15) is 0 Å². The minimum absolute atomic E-state index is 0.0432. The predicted molar refractivity (Wildman–Crippen MR) is 144 cm³/mol. The molecule has 39 heavy (non-hydrogen) atoms. The van der Waals surface area contributed by atoms with E-state index in [1.54, 1.807) is 69.3 Å². The van der Waals surface area contributed by atoms with Crippen molar-refractivity contribution in [2.45, 2.75) is 71.3 Å². The van der Waals surface area contributed by atoms with Gasteiger partial charge in [0.15, 0.2) is 0 Å². The number of esters is 1. The zero-order valence-electron chi connectivity index (χ0n) is 22.3. The highest BCUT2D eigenvalue weighted by molar-refractivity contribution is 6.31. The molecule has 0 aliphatic heterocycles. The lowest BCUT2D eigenvalue weighted by atomic mass is 10.1. The van der Waals surface area contributed by atoms with Crippen LogP contribution in [0.25, 0.3) is 0 Å². The quantitative estimate of drug-likeness (QED) is 0.176. The molecule has 0 fully saturated rings. The van der Waals surface area contributed by atoms with Crippen molar-refractivity contribution in [3.8, 4) is 0 Å². The maximum absolute atomic E-state index is 12.8. The zero-order chi connectivity index (χ0) is 28.8. The number of unbranched alkanes of at least 4 members (excludes halogenated alkanes) is 1. The molecule has 0 aliphatic rings. The smallest absolute Gasteiger partial charge is 0.408 e. The topological polar surface area (TPSA) is 140 Å². The molecule has 0 aliphatic carbocycles. The number of rotatable bonds is 13. The van der Waals surface area contributed by atoms with Gasteiger partial charge in [0, 0.05) is 17.1 Å². The molecule has 0 unspecified atom stereocenters. The van der Waals surface area contributed by atoms with Crippen LogP contribution in [-0.4, -0.2) is 47.4 Å². The number of hydrogen-bond acceptors (Lipinski definition) is 7. The summed E-state index contributed by atoms with van der Waals surface area (Å²) in [5, 5.41) is 14.6. The number of hydrogen-bond donors (Lipinski definition) is 3. The Kier molecular flexibility index (Phi) is 12.6. The van der Waals surface area contributed by atoms with Gasteiger partial charge in [-0.25, -0.2) is 14.4 Å². The highest BCUT2D eigenvalue weighted by Crippen LogP contribution is 2.16. The molecule has 0 aromatic heterocycles. The minimum atomic E-state index is -0.960. The van der Waals surface area contributed by atoms with Gasteiger partial charge in [0.05, 0.1) is 6.42 Å². The van der Waals surface area contributed by atoms with Crippen molar-refractivity contribution >= 4 is 35.7 Å². The van der Waals surface area contributed by atoms with Gasteiger partial charge in [-0.1, -0.05) is 54.1 Å². The molecule has 0 saturated carbocycles. The van der Waals surface area contributed by atoms with E-state index in [0.717, 1.165) is 0 Å². The van der Waals surface area contributed by atoms with Crippen molar-refractivity contribution in [2.24, 2.45) is 0 Å². The number of nitrogens with one attached hydrogen (secondary N) is 2. The average Bonchev–Trinajstić information content (AvgIpc) is 2.85. The molecule has 2 rings (SSSR count). The van der Waals surface area contributed by atoms with Crippen molar-refractivity contribution in [1.29, 1.82) is 0 Å². The summed E-state index contributed by atoms with van der Waals surface area (Å²) in [5.74, 6) is -1.57. The normalized spacial score (nSPS) is 11.7. The molecule has 1 atom stereocenters. The SMILES string of the molecule is CC(C)(C)OC(=O)N[C@@H](CCCCNC(=O)OCc1ccccc1Cl)C(=O)OCc1ccc(CC(=O)O)cc1. The van der Waals surface area contributed by atoms with E-state index in [4.69, 9.17) is 30.9 Å². The number of carboxylic acids is 1. The molecule has 0 bridgehead atoms. The first-order valence-corrected chi connectivity index (χ1v) is 12.9. The third kappa shape index (κ3) is 13.0. The molecule has 212 valence electrons. The molecule has 0 radical (unpaired) electrons. The summed E-state index contributed by atoms with van der Waals surface area (Å²) in [7, 11) is 0. The van der Waals surface area contributed by atoms with Crippen molar-refractivity contribution in [3.05, 3.63) is 70.2 Å². The molecule has 0 spiro atoms. The van der Waals surface area contributed by atoms with E-state index in [2.05, 4.69) is 10.6 Å². The highest BCUT2D eigenvalue weighted by atomic mass is 35.5. The van der Waals surface area contributed by atoms with Crippen LogP contribution < -0.4 is 10.6 Å². The van der Waals surface area contributed by atoms with Gasteiger partial charge in [0.2, 0.25) is 0 Å². The van der Waals surface area contributed by atoms with Gasteiger partial charge >= 0.3 is 24.1 Å². The molecule has 10 nitrogen and oxygen atoms in total. The van der Waals surface area contributed by atoms with Crippen LogP contribution in [-0.2, 0) is 43.4 Å². The fraction of sp³-hybridized carbons (Fsp3) is 0.429. The van der Waals surface area contributed by atoms with Crippen molar-refractivity contribution in [3.63, 3.8) is 0 Å². The summed E-state index contributed by atoms with van der Waals surface area (Å²) in [4.78, 5) is 47.9. The van der Waals surface area contributed by atoms with Crippen LogP contribution in [0, 0.1) is 0 Å². The van der Waals surface area contributed by atoms with E-state index in [1.807, 2.05) is 0 Å². The molecule has 0 heterocycles. The molecular weight excluding hydrogens is 528 g/mol. The first kappa shape index (κ1) is 31.4. The van der Waals surface area contributed by atoms with Crippen LogP contribution in [0.3, 0.4) is 0 Å². The third-order valence-corrected chi connectivity index (χ3v) is 5.61. The molecule has 2 aromatic carbocycles. The van der Waals surface area contributed by atoms with E-state index in [-0.39, 0.29) is 26.1 Å². The van der Waals surface area contributed by atoms with Crippen LogP contribution >= 0.6 is 11.6 Å². The third-order valence-electron chi connectivity index (χ3n) is 5.24. The van der Waals surface area contributed by atoms with Crippen LogP contribution in [0.1, 0.15) is 56.7 Å². The standard InChI is InChI=1S/C28H35ClN2O8/c1-28(2,3)39-27(36)31-23(25(34)37-17-20-13-11-19(12-14-20)16-24(32)33)10-6-7-15-30-26(35)38-18-21-8-4-5-9-22(21)29/h4-5,8-9,11-14,23H,6-7,10,15-18H2,1-3H3,(H,30,35)(H,31,36)(H,32,33)/t23-/m0/s1. The number of ether oxygens (including phenoxy) is 3. The van der Waals surface area contributed by atoms with E-state index >= 15 is 0 Å². The molecule has 3 N–H and O–H groups in total. The maximum atomic E-state index is 12.8. The highest BCUT2D eigenvalue weighted by Gasteiger charge is 2.25. The second-order valence-corrected chi connectivity index (χ2v) is 10.2. The van der Waals surface area contributed by atoms with E-state index in [0.29, 0.717) is 41.1 Å². The predicted octanol–water partition coefficient (Wildman–Crippen LogP) is 5.00. The van der Waals surface area contributed by atoms with Crippen LogP contribution in [0.4, 0.5) is 9.59 Å². The Morgan fingerprint density at radius 3 is 2.21 bits per heavy atom. The maximum Gasteiger partial charge on any atom is 0.408 e. The largest absolute Gasteiger partial charge is 0.481 e. The van der Waals surface area contributed by atoms with Gasteiger partial charge in [-0.3, -0.25) is 4.79 Å². The average molecular weight is 563 g/mol. The monoisotopic (exact) mass is 562 g/mol. The first-order chi connectivity index (χ1) is 18.4. The Hall–Kier alpha value is -3.79. The summed E-state index contributed by atoms with van der Waals surface area (Å²) >= 11 is 6.05. The Morgan fingerprint density at radius 2 is 1.56 bits per heavy atom. The van der Waals surface area contributed by atoms with Gasteiger partial charge in [0.25, 0.3) is 0 Å². The van der Waals surface area contributed by atoms with Gasteiger partial charge in [-0.05, 0) is 57.2 Å². The number of carbonyl (C=O) groups excluding carboxylic acids is 3. The number of aliphatic carboxylic acids is 1. The summed E-state index contributed by atoms with van der Waals surface area (Å²) in [6.07, 6.45) is -0.172. The number of alkyl carbamates (subject to hydrolysis) is 2. The van der Waals surface area contributed by atoms with E-state index in [1.165, 1.54) is 0 Å². The Balaban J connectivity index is 1.82. The molecule has 0 saturated heterocycles. The van der Waals surface area contributed by atoms with Gasteiger partial charge < -0.3 is 30.0 Å². The minimum Gasteiger partial charge on any atom is -0.481 e. The lowest BCUT2D eigenvalue weighted by Crippen LogP contribution is -2.44. The number of halogens is 1. The molecular formula is C28H35ClN2O8. The molecule has 2 amide bonds. The fourth-order valence-electron chi connectivity index (χ4n) is 3.36. The number of benzene rings is 2. The fourth-order valence-corrected chi connectivity index (χ4v) is 3.55. The second kappa shape index (κ2) is 15.6. The number of amides is 2. The summed E-state index contributed by atoms with van der Waals surface area (Å²) in [6, 6.07) is 12.8. The Bertz CT molecular complexity index is 1120. The van der Waals surface area contributed by atoms with Gasteiger partial charge in [0.1, 0.15) is 24.9 Å². The molecule has 2 aromatic rings. The Labute approximate surface area is 233 Å². The summed E-state index contributed by atoms with van der Waals surface area (Å²) in [6.45, 7) is 5.44. The van der Waals surface area contributed by atoms with E-state index < -0.39 is 35.8 Å². The lowest BCUT2D eigenvalue weighted by Gasteiger charge is -2.23. The van der Waals surface area contributed by atoms with Crippen LogP contribution in [0.5, 0.6) is 0 Å². The van der Waals surface area contributed by atoms with Gasteiger partial charge in [-0.15, -0.1) is 0 Å². The number of carbonyl (C=O) groups is 4. The lowest BCUT2D eigenvalue weighted by molar-refractivity contribution is -0.147. The van der Waals surface area contributed by atoms with E-state index in [9.17, 15) is 19.2 Å².